The van der Waals surface area contributed by atoms with Gasteiger partial charge in [0.15, 0.2) is 0 Å². The molecule has 2 atom stereocenters. The van der Waals surface area contributed by atoms with E-state index in [0.29, 0.717) is 6.54 Å². The quantitative estimate of drug-likeness (QED) is 0.901. The van der Waals surface area contributed by atoms with Gasteiger partial charge < -0.3 is 4.90 Å². The number of hydrogen-bond acceptors (Lipinski definition) is 2. The molecule has 1 aliphatic heterocycles. The van der Waals surface area contributed by atoms with Gasteiger partial charge in [0.2, 0.25) is 5.91 Å². The topological polar surface area (TPSA) is 32.3 Å². The maximum Gasteiger partial charge on any atom is 0.238 e. The lowest BCUT2D eigenvalue weighted by atomic mass is 9.86. The van der Waals surface area contributed by atoms with E-state index in [2.05, 4.69) is 19.2 Å². The van der Waals surface area contributed by atoms with Crippen molar-refractivity contribution >= 4 is 5.91 Å². The van der Waals surface area contributed by atoms with Crippen LogP contribution in [0.25, 0.3) is 0 Å². The number of rotatable bonds is 2. The van der Waals surface area contributed by atoms with Crippen LogP contribution in [0.3, 0.4) is 0 Å². The highest BCUT2D eigenvalue weighted by atomic mass is 19.1. The lowest BCUT2D eigenvalue weighted by Crippen LogP contribution is -2.45. The van der Waals surface area contributed by atoms with Crippen LogP contribution in [0.1, 0.15) is 44.8 Å². The van der Waals surface area contributed by atoms with Crippen molar-refractivity contribution in [3.8, 4) is 0 Å². The second-order valence-corrected chi connectivity index (χ2v) is 6.54. The molecule has 1 aromatic rings. The third kappa shape index (κ3) is 2.22. The average Bonchev–Trinajstić information content (AvgIpc) is 2.91. The second-order valence-electron chi connectivity index (χ2n) is 6.54. The Morgan fingerprint density at radius 2 is 2.20 bits per heavy atom. The predicted molar refractivity (Wildman–Crippen MR) is 75.4 cm³/mol. The number of carbonyl (C=O) groups excluding carboxylic acids is 1. The summed E-state index contributed by atoms with van der Waals surface area (Å²) in [5.74, 6) is -0.131. The highest BCUT2D eigenvalue weighted by Crippen LogP contribution is 2.43. The van der Waals surface area contributed by atoms with Crippen LogP contribution in [0, 0.1) is 11.2 Å². The van der Waals surface area contributed by atoms with E-state index in [1.165, 1.54) is 12.1 Å². The summed E-state index contributed by atoms with van der Waals surface area (Å²) in [6, 6.07) is 6.77. The summed E-state index contributed by atoms with van der Waals surface area (Å²) in [5, 5.41) is 3.22. The molecule has 1 N–H and O–H groups in total. The lowest BCUT2D eigenvalue weighted by molar-refractivity contribution is -0.132. The average molecular weight is 276 g/mol. The van der Waals surface area contributed by atoms with Crippen molar-refractivity contribution in [2.75, 3.05) is 6.54 Å². The zero-order valence-corrected chi connectivity index (χ0v) is 12.0. The third-order valence-corrected chi connectivity index (χ3v) is 4.71. The fraction of sp³-hybridized carbons (Fsp3) is 0.562. The lowest BCUT2D eigenvalue weighted by Gasteiger charge is -2.38. The molecular formula is C16H21FN2O. The first kappa shape index (κ1) is 13.6. The van der Waals surface area contributed by atoms with Crippen LogP contribution >= 0.6 is 0 Å². The number of carbonyl (C=O) groups is 1. The Kier molecular flexibility index (Phi) is 3.28. The number of amides is 1. The number of benzene rings is 1. The van der Waals surface area contributed by atoms with Crippen LogP contribution in [0.15, 0.2) is 24.3 Å². The molecule has 0 spiro atoms. The summed E-state index contributed by atoms with van der Waals surface area (Å²) in [6.45, 7) is 4.78. The van der Waals surface area contributed by atoms with Crippen LogP contribution in [-0.2, 0) is 4.79 Å². The molecule has 20 heavy (non-hydrogen) atoms. The van der Waals surface area contributed by atoms with E-state index in [9.17, 15) is 9.18 Å². The van der Waals surface area contributed by atoms with E-state index in [4.69, 9.17) is 0 Å². The highest BCUT2D eigenvalue weighted by molar-refractivity contribution is 5.81. The van der Waals surface area contributed by atoms with Crippen LogP contribution in [0.5, 0.6) is 0 Å². The van der Waals surface area contributed by atoms with Gasteiger partial charge in [-0.05, 0) is 36.0 Å². The molecule has 1 amide bonds. The van der Waals surface area contributed by atoms with Crippen molar-refractivity contribution in [3.05, 3.63) is 35.6 Å². The molecule has 1 heterocycles. The minimum absolute atomic E-state index is 0.124. The van der Waals surface area contributed by atoms with E-state index in [0.717, 1.165) is 24.8 Å². The summed E-state index contributed by atoms with van der Waals surface area (Å²) in [4.78, 5) is 14.2. The van der Waals surface area contributed by atoms with Crippen molar-refractivity contribution in [1.82, 2.24) is 10.2 Å². The number of hydrogen-bond donors (Lipinski definition) is 1. The normalized spacial score (nSPS) is 29.1. The van der Waals surface area contributed by atoms with Gasteiger partial charge in [0, 0.05) is 6.04 Å². The molecule has 4 heteroatoms. The minimum Gasteiger partial charge on any atom is -0.318 e. The highest BCUT2D eigenvalue weighted by Gasteiger charge is 2.45. The Balaban J connectivity index is 1.93. The zero-order valence-electron chi connectivity index (χ0n) is 12.0. The smallest absolute Gasteiger partial charge is 0.238 e. The monoisotopic (exact) mass is 276 g/mol. The van der Waals surface area contributed by atoms with Gasteiger partial charge in [-0.1, -0.05) is 32.4 Å². The maximum absolute atomic E-state index is 13.4. The zero-order chi connectivity index (χ0) is 14.3. The van der Waals surface area contributed by atoms with E-state index in [1.807, 2.05) is 11.0 Å². The molecule has 0 aromatic heterocycles. The Morgan fingerprint density at radius 3 is 2.85 bits per heavy atom. The molecule has 1 saturated carbocycles. The molecule has 2 fully saturated rings. The fourth-order valence-electron chi connectivity index (χ4n) is 3.65. The molecule has 1 saturated heterocycles. The minimum atomic E-state index is -0.255. The summed E-state index contributed by atoms with van der Waals surface area (Å²) >= 11 is 0. The number of nitrogens with zero attached hydrogens (tertiary/aromatic N) is 1. The van der Waals surface area contributed by atoms with Crippen molar-refractivity contribution in [2.45, 2.75) is 45.3 Å². The Labute approximate surface area is 119 Å². The first-order valence-electron chi connectivity index (χ1n) is 7.29. The molecular weight excluding hydrogens is 255 g/mol. The van der Waals surface area contributed by atoms with Gasteiger partial charge >= 0.3 is 0 Å². The molecule has 1 aromatic carbocycles. The van der Waals surface area contributed by atoms with Gasteiger partial charge in [0.1, 0.15) is 12.0 Å². The van der Waals surface area contributed by atoms with Crippen LogP contribution < -0.4 is 5.32 Å². The van der Waals surface area contributed by atoms with Gasteiger partial charge in [-0.25, -0.2) is 4.39 Å². The van der Waals surface area contributed by atoms with Gasteiger partial charge in [-0.2, -0.15) is 0 Å². The van der Waals surface area contributed by atoms with Crippen LogP contribution in [0.4, 0.5) is 4.39 Å². The molecule has 1 aliphatic carbocycles. The molecule has 0 bridgehead atoms. The van der Waals surface area contributed by atoms with E-state index in [1.54, 1.807) is 6.07 Å². The third-order valence-electron chi connectivity index (χ3n) is 4.71. The predicted octanol–water partition coefficient (Wildman–Crippen LogP) is 2.83. The second kappa shape index (κ2) is 4.85. The Morgan fingerprint density at radius 1 is 1.40 bits per heavy atom. The Bertz CT molecular complexity index is 529. The Hall–Kier alpha value is -1.42. The fourth-order valence-corrected chi connectivity index (χ4v) is 3.65. The van der Waals surface area contributed by atoms with Crippen LogP contribution in [0.2, 0.25) is 0 Å². The maximum atomic E-state index is 13.4. The first-order valence-corrected chi connectivity index (χ1v) is 7.29. The van der Waals surface area contributed by atoms with Gasteiger partial charge in [-0.3, -0.25) is 10.1 Å². The van der Waals surface area contributed by atoms with Gasteiger partial charge in [0.25, 0.3) is 0 Å². The standard InChI is InChI=1S/C16H21FN2O/c1-16(2)8-4-7-13(16)19-14(20)10-18-15(19)11-5-3-6-12(17)9-11/h3,5-6,9,13,15,18H,4,7-8,10H2,1-2H3. The van der Waals surface area contributed by atoms with Crippen molar-refractivity contribution in [3.63, 3.8) is 0 Å². The summed E-state index contributed by atoms with van der Waals surface area (Å²) in [5.41, 5.74) is 0.964. The molecule has 108 valence electrons. The summed E-state index contributed by atoms with van der Waals surface area (Å²) in [7, 11) is 0. The van der Waals surface area contributed by atoms with Crippen molar-refractivity contribution < 1.29 is 9.18 Å². The van der Waals surface area contributed by atoms with Crippen molar-refractivity contribution in [2.24, 2.45) is 5.41 Å². The van der Waals surface area contributed by atoms with Crippen LogP contribution in [-0.4, -0.2) is 23.4 Å². The molecule has 3 rings (SSSR count). The van der Waals surface area contributed by atoms with E-state index in [-0.39, 0.29) is 29.3 Å². The van der Waals surface area contributed by atoms with Gasteiger partial charge in [-0.15, -0.1) is 0 Å². The molecule has 3 nitrogen and oxygen atoms in total. The molecule has 0 radical (unpaired) electrons. The van der Waals surface area contributed by atoms with E-state index >= 15 is 0 Å². The molecule has 2 unspecified atom stereocenters. The largest absolute Gasteiger partial charge is 0.318 e. The van der Waals surface area contributed by atoms with Gasteiger partial charge in [0.05, 0.1) is 6.54 Å². The molecule has 2 aliphatic rings. The van der Waals surface area contributed by atoms with Crippen molar-refractivity contribution in [1.29, 1.82) is 0 Å². The number of nitrogens with one attached hydrogen (secondary N) is 1. The first-order chi connectivity index (χ1) is 9.49. The number of halogens is 1. The summed E-state index contributed by atoms with van der Waals surface area (Å²) in [6.07, 6.45) is 3.13. The SMILES string of the molecule is CC1(C)CCCC1N1C(=O)CNC1c1cccc(F)c1. The van der Waals surface area contributed by atoms with E-state index < -0.39 is 0 Å². The summed E-state index contributed by atoms with van der Waals surface area (Å²) < 4.78 is 13.4.